The molecule has 1 nitrogen and oxygen atoms in total. The van der Waals surface area contributed by atoms with Crippen LogP contribution >= 0.6 is 0 Å². The highest BCUT2D eigenvalue weighted by atomic mass is 28.3. The van der Waals surface area contributed by atoms with Crippen molar-refractivity contribution in [1.82, 2.24) is 0 Å². The monoisotopic (exact) mass is 318 g/mol. The molecule has 116 valence electrons. The number of benzene rings is 4. The lowest BCUT2D eigenvalue weighted by Crippen LogP contribution is -2.41. The summed E-state index contributed by atoms with van der Waals surface area (Å²) in [5.41, 5.74) is 0. The predicted molar refractivity (Wildman–Crippen MR) is 104 cm³/mol. The van der Waals surface area contributed by atoms with Crippen molar-refractivity contribution in [2.45, 2.75) is 25.6 Å². The Morgan fingerprint density at radius 3 is 2.09 bits per heavy atom. The molecule has 0 spiro atoms. The van der Waals surface area contributed by atoms with Crippen LogP contribution in [0.25, 0.3) is 32.3 Å². The van der Waals surface area contributed by atoms with Gasteiger partial charge in [0.1, 0.15) is 0 Å². The van der Waals surface area contributed by atoms with Gasteiger partial charge in [0.25, 0.3) is 0 Å². The zero-order chi connectivity index (χ0) is 16.0. The minimum absolute atomic E-state index is 0.294. The second kappa shape index (κ2) is 5.33. The number of aliphatic hydroxyl groups is 1. The van der Waals surface area contributed by atoms with Gasteiger partial charge in [-0.3, -0.25) is 0 Å². The van der Waals surface area contributed by atoms with Crippen LogP contribution in [0.15, 0.2) is 54.6 Å². The fraction of sp³-hybridized carbons (Fsp3) is 0.238. The Morgan fingerprint density at radius 1 is 0.783 bits per heavy atom. The molecule has 4 aromatic rings. The summed E-state index contributed by atoms with van der Waals surface area (Å²) in [7, 11) is -1.55. The molecular formula is C21H22OSi. The summed E-state index contributed by atoms with van der Waals surface area (Å²) < 4.78 is 0. The molecule has 0 bridgehead atoms. The zero-order valence-electron chi connectivity index (χ0n) is 13.8. The van der Waals surface area contributed by atoms with Gasteiger partial charge in [0.15, 0.2) is 0 Å². The molecule has 0 unspecified atom stereocenters. The number of hydrogen-bond acceptors (Lipinski definition) is 1. The van der Waals surface area contributed by atoms with Gasteiger partial charge >= 0.3 is 0 Å². The lowest BCUT2D eigenvalue weighted by molar-refractivity contribution is 0.294. The fourth-order valence-electron chi connectivity index (χ4n) is 3.98. The van der Waals surface area contributed by atoms with Crippen molar-refractivity contribution >= 4 is 45.6 Å². The van der Waals surface area contributed by atoms with E-state index in [0.717, 1.165) is 12.5 Å². The van der Waals surface area contributed by atoms with Gasteiger partial charge in [0.2, 0.25) is 0 Å². The average molecular weight is 318 g/mol. The first-order chi connectivity index (χ1) is 11.1. The first-order valence-corrected chi connectivity index (χ1v) is 11.6. The minimum atomic E-state index is -1.55. The molecular weight excluding hydrogens is 296 g/mol. The highest BCUT2D eigenvalue weighted by molar-refractivity contribution is 6.91. The highest BCUT2D eigenvalue weighted by Crippen LogP contribution is 2.34. The van der Waals surface area contributed by atoms with Gasteiger partial charge < -0.3 is 5.11 Å². The fourth-order valence-corrected chi connectivity index (χ4v) is 6.76. The lowest BCUT2D eigenvalue weighted by Gasteiger charge is -2.25. The van der Waals surface area contributed by atoms with E-state index in [4.69, 9.17) is 0 Å². The molecule has 0 saturated carbocycles. The first kappa shape index (κ1) is 14.7. The largest absolute Gasteiger partial charge is 0.396 e. The number of hydrogen-bond donors (Lipinski definition) is 1. The van der Waals surface area contributed by atoms with E-state index < -0.39 is 8.07 Å². The summed E-state index contributed by atoms with van der Waals surface area (Å²) in [6.45, 7) is 5.14. The molecule has 0 aromatic heterocycles. The Hall–Kier alpha value is -1.90. The second-order valence-corrected chi connectivity index (χ2v) is 12.0. The molecule has 0 aliphatic heterocycles. The SMILES string of the molecule is C[Si](C)(CCCO)c1ccc2ccc3cccc4ccc1c2c34. The maximum atomic E-state index is 9.23. The Kier molecular flexibility index (Phi) is 3.40. The summed E-state index contributed by atoms with van der Waals surface area (Å²) in [6, 6.07) is 21.4. The summed E-state index contributed by atoms with van der Waals surface area (Å²) in [4.78, 5) is 0. The smallest absolute Gasteiger partial charge is 0.0815 e. The molecule has 0 amide bonds. The van der Waals surface area contributed by atoms with Crippen molar-refractivity contribution in [3.05, 3.63) is 54.6 Å². The molecule has 4 aromatic carbocycles. The third kappa shape index (κ3) is 2.25. The normalized spacial score (nSPS) is 12.7. The van der Waals surface area contributed by atoms with Crippen LogP contribution in [-0.4, -0.2) is 19.8 Å². The maximum Gasteiger partial charge on any atom is 0.0815 e. The first-order valence-electron chi connectivity index (χ1n) is 8.40. The molecule has 0 atom stereocenters. The van der Waals surface area contributed by atoms with E-state index in [2.05, 4.69) is 67.7 Å². The van der Waals surface area contributed by atoms with Crippen molar-refractivity contribution in [3.8, 4) is 0 Å². The van der Waals surface area contributed by atoms with Crippen LogP contribution in [0.1, 0.15) is 6.42 Å². The summed E-state index contributed by atoms with van der Waals surface area (Å²) in [5.74, 6) is 0. The predicted octanol–water partition coefficient (Wildman–Crippen LogP) is 4.88. The standard InChI is InChI=1S/C21H22OSi/c1-23(2,14-4-13-22)19-12-10-17-8-7-15-5-3-6-16-9-11-18(19)21(17)20(15)16/h3,5-12,22H,4,13-14H2,1-2H3. The topological polar surface area (TPSA) is 20.2 Å². The van der Waals surface area contributed by atoms with Crippen molar-refractivity contribution in [3.63, 3.8) is 0 Å². The van der Waals surface area contributed by atoms with Gasteiger partial charge in [-0.15, -0.1) is 0 Å². The Balaban J connectivity index is 2.07. The van der Waals surface area contributed by atoms with Gasteiger partial charge in [-0.2, -0.15) is 0 Å². The highest BCUT2D eigenvalue weighted by Gasteiger charge is 2.25. The van der Waals surface area contributed by atoms with Crippen LogP contribution in [0.3, 0.4) is 0 Å². The molecule has 0 aliphatic carbocycles. The van der Waals surface area contributed by atoms with Crippen LogP contribution in [0, 0.1) is 0 Å². The Bertz CT molecular complexity index is 971. The van der Waals surface area contributed by atoms with Crippen LogP contribution in [0.4, 0.5) is 0 Å². The average Bonchev–Trinajstić information content (AvgIpc) is 2.57. The third-order valence-corrected chi connectivity index (χ3v) is 8.72. The number of aliphatic hydroxyl groups excluding tert-OH is 1. The van der Waals surface area contributed by atoms with E-state index in [1.54, 1.807) is 0 Å². The van der Waals surface area contributed by atoms with E-state index in [1.165, 1.54) is 37.5 Å². The van der Waals surface area contributed by atoms with E-state index in [0.29, 0.717) is 6.61 Å². The van der Waals surface area contributed by atoms with Gasteiger partial charge in [0, 0.05) is 6.61 Å². The van der Waals surface area contributed by atoms with Crippen molar-refractivity contribution in [2.24, 2.45) is 0 Å². The van der Waals surface area contributed by atoms with Gasteiger partial charge in [-0.1, -0.05) is 78.9 Å². The molecule has 0 radical (unpaired) electrons. The molecule has 23 heavy (non-hydrogen) atoms. The quantitative estimate of drug-likeness (QED) is 0.420. The molecule has 0 aliphatic rings. The van der Waals surface area contributed by atoms with Gasteiger partial charge in [-0.25, -0.2) is 0 Å². The molecule has 1 N–H and O–H groups in total. The number of rotatable bonds is 4. The van der Waals surface area contributed by atoms with Crippen molar-refractivity contribution in [2.75, 3.05) is 6.61 Å². The van der Waals surface area contributed by atoms with Crippen LogP contribution in [0.5, 0.6) is 0 Å². The molecule has 0 fully saturated rings. The molecule has 0 heterocycles. The van der Waals surface area contributed by atoms with E-state index >= 15 is 0 Å². The maximum absolute atomic E-state index is 9.23. The van der Waals surface area contributed by atoms with E-state index in [1.807, 2.05) is 0 Å². The van der Waals surface area contributed by atoms with E-state index in [9.17, 15) is 5.11 Å². The molecule has 4 rings (SSSR count). The van der Waals surface area contributed by atoms with Crippen LogP contribution < -0.4 is 5.19 Å². The zero-order valence-corrected chi connectivity index (χ0v) is 14.8. The molecule has 0 saturated heterocycles. The van der Waals surface area contributed by atoms with Crippen LogP contribution in [-0.2, 0) is 0 Å². The Morgan fingerprint density at radius 2 is 1.39 bits per heavy atom. The third-order valence-electron chi connectivity index (χ3n) is 5.22. The summed E-state index contributed by atoms with van der Waals surface area (Å²) in [6.07, 6.45) is 0.904. The van der Waals surface area contributed by atoms with Crippen molar-refractivity contribution in [1.29, 1.82) is 0 Å². The van der Waals surface area contributed by atoms with E-state index in [-0.39, 0.29) is 0 Å². The van der Waals surface area contributed by atoms with Gasteiger partial charge in [-0.05, 0) is 38.7 Å². The van der Waals surface area contributed by atoms with Gasteiger partial charge in [0.05, 0.1) is 8.07 Å². The lowest BCUT2D eigenvalue weighted by atomic mass is 9.94. The Labute approximate surface area is 137 Å². The summed E-state index contributed by atoms with van der Waals surface area (Å²) >= 11 is 0. The van der Waals surface area contributed by atoms with Crippen molar-refractivity contribution < 1.29 is 5.11 Å². The minimum Gasteiger partial charge on any atom is -0.396 e. The second-order valence-electron chi connectivity index (χ2n) is 7.18. The molecule has 2 heteroatoms. The van der Waals surface area contributed by atoms with Crippen LogP contribution in [0.2, 0.25) is 19.1 Å². The summed E-state index contributed by atoms with van der Waals surface area (Å²) in [5, 5.41) is 19.0.